The highest BCUT2D eigenvalue weighted by Gasteiger charge is 2.58. The third kappa shape index (κ3) is 3.03. The zero-order valence-electron chi connectivity index (χ0n) is 15.3. The normalized spacial score (nSPS) is 30.8. The number of thiocarbonyl (C=S) groups is 1. The highest BCUT2D eigenvalue weighted by molar-refractivity contribution is 7.80. The first kappa shape index (κ1) is 18.2. The van der Waals surface area contributed by atoms with Gasteiger partial charge in [-0.25, -0.2) is 4.39 Å². The molecule has 142 valence electrons. The molecule has 0 unspecified atom stereocenters. The summed E-state index contributed by atoms with van der Waals surface area (Å²) >= 11 is 5.73. The molecule has 2 saturated carbocycles. The van der Waals surface area contributed by atoms with Crippen molar-refractivity contribution < 1.29 is 9.50 Å². The molecule has 1 aromatic rings. The first-order valence-corrected chi connectivity index (χ1v) is 10.5. The SMILES string of the molecule is O[C@@]12CCCC[C@H]1C1(CCCCC1)NC(=S)N2CCc1ccccc1F. The van der Waals surface area contributed by atoms with E-state index in [0.717, 1.165) is 32.1 Å². The van der Waals surface area contributed by atoms with E-state index in [1.807, 2.05) is 17.0 Å². The van der Waals surface area contributed by atoms with Crippen molar-refractivity contribution >= 4 is 17.3 Å². The van der Waals surface area contributed by atoms with Crippen LogP contribution in [-0.2, 0) is 6.42 Å². The topological polar surface area (TPSA) is 35.5 Å². The fourth-order valence-electron chi connectivity index (χ4n) is 5.61. The average Bonchev–Trinajstić information content (AvgIpc) is 2.63. The van der Waals surface area contributed by atoms with Crippen LogP contribution in [0.1, 0.15) is 63.4 Å². The first-order valence-electron chi connectivity index (χ1n) is 10.1. The van der Waals surface area contributed by atoms with Crippen LogP contribution >= 0.6 is 12.2 Å². The molecule has 1 saturated heterocycles. The van der Waals surface area contributed by atoms with Crippen molar-refractivity contribution in [3.63, 3.8) is 0 Å². The van der Waals surface area contributed by atoms with Crippen molar-refractivity contribution in [2.24, 2.45) is 5.92 Å². The molecule has 1 aromatic carbocycles. The Bertz CT molecular complexity index is 676. The Morgan fingerprint density at radius 3 is 2.62 bits per heavy atom. The van der Waals surface area contributed by atoms with Crippen molar-refractivity contribution in [2.45, 2.75) is 75.5 Å². The van der Waals surface area contributed by atoms with Gasteiger partial charge in [0.1, 0.15) is 11.5 Å². The second-order valence-electron chi connectivity index (χ2n) is 8.32. The van der Waals surface area contributed by atoms with Crippen LogP contribution in [0.2, 0.25) is 0 Å². The van der Waals surface area contributed by atoms with E-state index >= 15 is 0 Å². The lowest BCUT2D eigenvalue weighted by Crippen LogP contribution is -2.75. The van der Waals surface area contributed by atoms with Crippen molar-refractivity contribution in [3.05, 3.63) is 35.6 Å². The fraction of sp³-hybridized carbons (Fsp3) is 0.667. The first-order chi connectivity index (χ1) is 12.6. The summed E-state index contributed by atoms with van der Waals surface area (Å²) in [6, 6.07) is 6.89. The van der Waals surface area contributed by atoms with Gasteiger partial charge in [0.05, 0.1) is 0 Å². The number of hydrogen-bond donors (Lipinski definition) is 2. The maximum Gasteiger partial charge on any atom is 0.171 e. The molecule has 2 atom stereocenters. The van der Waals surface area contributed by atoms with Crippen LogP contribution in [0.15, 0.2) is 24.3 Å². The Hall–Kier alpha value is -1.20. The Morgan fingerprint density at radius 1 is 1.12 bits per heavy atom. The molecule has 26 heavy (non-hydrogen) atoms. The molecule has 0 amide bonds. The van der Waals surface area contributed by atoms with Crippen molar-refractivity contribution in [1.82, 2.24) is 10.2 Å². The number of nitrogens with one attached hydrogen (secondary N) is 1. The fourth-order valence-corrected chi connectivity index (χ4v) is 6.06. The van der Waals surface area contributed by atoms with Crippen molar-refractivity contribution in [3.8, 4) is 0 Å². The summed E-state index contributed by atoms with van der Waals surface area (Å²) in [5, 5.41) is 16.1. The van der Waals surface area contributed by atoms with E-state index in [1.165, 1.54) is 31.7 Å². The maximum atomic E-state index is 14.0. The second kappa shape index (κ2) is 7.08. The highest BCUT2D eigenvalue weighted by Crippen LogP contribution is 2.50. The summed E-state index contributed by atoms with van der Waals surface area (Å²) in [5.41, 5.74) is -0.244. The van der Waals surface area contributed by atoms with Gasteiger partial charge in [-0.2, -0.15) is 0 Å². The third-order valence-electron chi connectivity index (χ3n) is 6.89. The van der Waals surface area contributed by atoms with Crippen LogP contribution in [0.25, 0.3) is 0 Å². The van der Waals surface area contributed by atoms with Gasteiger partial charge in [-0.3, -0.25) is 0 Å². The number of nitrogens with zero attached hydrogens (tertiary/aromatic N) is 1. The van der Waals surface area contributed by atoms with E-state index < -0.39 is 5.72 Å². The Labute approximate surface area is 161 Å². The van der Waals surface area contributed by atoms with Crippen LogP contribution in [0.4, 0.5) is 4.39 Å². The molecule has 3 aliphatic rings. The van der Waals surface area contributed by atoms with Gasteiger partial charge in [0.15, 0.2) is 5.11 Å². The maximum absolute atomic E-state index is 14.0. The van der Waals surface area contributed by atoms with Crippen molar-refractivity contribution in [2.75, 3.05) is 6.54 Å². The van der Waals surface area contributed by atoms with Crippen LogP contribution < -0.4 is 5.32 Å². The molecule has 3 fully saturated rings. The van der Waals surface area contributed by atoms with Gasteiger partial charge in [0.25, 0.3) is 0 Å². The number of rotatable bonds is 3. The van der Waals surface area contributed by atoms with Gasteiger partial charge in [-0.15, -0.1) is 0 Å². The van der Waals surface area contributed by atoms with E-state index in [0.29, 0.717) is 23.6 Å². The number of hydrogen-bond acceptors (Lipinski definition) is 2. The molecule has 1 aliphatic heterocycles. The molecule has 3 nitrogen and oxygen atoms in total. The summed E-state index contributed by atoms with van der Waals surface area (Å²) < 4.78 is 14.0. The highest BCUT2D eigenvalue weighted by atomic mass is 32.1. The number of benzene rings is 1. The molecule has 0 radical (unpaired) electrons. The molecule has 0 aromatic heterocycles. The van der Waals surface area contributed by atoms with E-state index in [2.05, 4.69) is 5.32 Å². The predicted molar refractivity (Wildman–Crippen MR) is 105 cm³/mol. The van der Waals surface area contributed by atoms with E-state index in [4.69, 9.17) is 12.2 Å². The molecular formula is C21H29FN2OS. The molecular weight excluding hydrogens is 347 g/mol. The molecule has 2 N–H and O–H groups in total. The molecule has 5 heteroatoms. The molecule has 1 spiro atoms. The minimum atomic E-state index is -0.886. The quantitative estimate of drug-likeness (QED) is 0.777. The van der Waals surface area contributed by atoms with Crippen LogP contribution in [0.3, 0.4) is 0 Å². The lowest BCUT2D eigenvalue weighted by Gasteiger charge is -2.61. The van der Waals surface area contributed by atoms with Crippen LogP contribution in [0.5, 0.6) is 0 Å². The molecule has 2 aliphatic carbocycles. The number of fused-ring (bicyclic) bond motifs is 2. The molecule has 1 heterocycles. The zero-order chi connectivity index (χ0) is 18.2. The number of aliphatic hydroxyl groups is 1. The number of halogens is 1. The average molecular weight is 377 g/mol. The minimum Gasteiger partial charge on any atom is -0.370 e. The molecule has 0 bridgehead atoms. The van der Waals surface area contributed by atoms with Gasteiger partial charge in [0, 0.05) is 18.0 Å². The Kier molecular flexibility index (Phi) is 4.95. The van der Waals surface area contributed by atoms with Gasteiger partial charge in [-0.1, -0.05) is 43.9 Å². The summed E-state index contributed by atoms with van der Waals surface area (Å²) in [5.74, 6) is 0.0238. The smallest absolute Gasteiger partial charge is 0.171 e. The molecule has 4 rings (SSSR count). The van der Waals surface area contributed by atoms with E-state index in [-0.39, 0.29) is 17.3 Å². The summed E-state index contributed by atoms with van der Waals surface area (Å²) in [6.07, 6.45) is 10.4. The summed E-state index contributed by atoms with van der Waals surface area (Å²) in [4.78, 5) is 1.97. The predicted octanol–water partition coefficient (Wildman–Crippen LogP) is 4.14. The summed E-state index contributed by atoms with van der Waals surface area (Å²) in [7, 11) is 0. The van der Waals surface area contributed by atoms with E-state index in [9.17, 15) is 9.50 Å². The Balaban J connectivity index is 1.59. The summed E-state index contributed by atoms with van der Waals surface area (Å²) in [6.45, 7) is 0.551. The van der Waals surface area contributed by atoms with E-state index in [1.54, 1.807) is 6.07 Å². The van der Waals surface area contributed by atoms with Crippen LogP contribution in [-0.4, -0.2) is 32.9 Å². The second-order valence-corrected chi connectivity index (χ2v) is 8.70. The van der Waals surface area contributed by atoms with Gasteiger partial charge in [0.2, 0.25) is 0 Å². The zero-order valence-corrected chi connectivity index (χ0v) is 16.2. The monoisotopic (exact) mass is 376 g/mol. The van der Waals surface area contributed by atoms with Gasteiger partial charge < -0.3 is 15.3 Å². The minimum absolute atomic E-state index is 0.0427. The standard InChI is InChI=1S/C21H29FN2OS/c22-17-9-3-2-8-16(17)11-15-24-19(26)23-20(12-5-1-6-13-20)18-10-4-7-14-21(18,24)25/h2-3,8-9,18,25H,1,4-7,10-15H2,(H,23,26)/t18-,21-/m0/s1. The lowest BCUT2D eigenvalue weighted by molar-refractivity contribution is -0.181. The van der Waals surface area contributed by atoms with Crippen LogP contribution in [0, 0.1) is 11.7 Å². The third-order valence-corrected chi connectivity index (χ3v) is 7.21. The van der Waals surface area contributed by atoms with Crippen molar-refractivity contribution in [1.29, 1.82) is 0 Å². The van der Waals surface area contributed by atoms with Gasteiger partial charge >= 0.3 is 0 Å². The largest absolute Gasteiger partial charge is 0.370 e. The Morgan fingerprint density at radius 2 is 1.85 bits per heavy atom. The van der Waals surface area contributed by atoms with Gasteiger partial charge in [-0.05, 0) is 62.4 Å². The lowest BCUT2D eigenvalue weighted by atomic mass is 9.62.